The number of hydrogen-bond acceptors (Lipinski definition) is 3. The lowest BCUT2D eigenvalue weighted by Crippen LogP contribution is -2.67. The summed E-state index contributed by atoms with van der Waals surface area (Å²) in [6, 6.07) is 14.9. The molecule has 5 atom stereocenters. The molecule has 6 rings (SSSR count). The number of quaternary nitrogens is 1. The van der Waals surface area contributed by atoms with E-state index in [0.29, 0.717) is 11.8 Å². The standard InChI is InChI=1S/C29H35N2O2/c1-5-21-17-31(18-23-7-6-19(2)14-20(23)3)13-11-22(21)15-28(31)29(32)25-10-12-30-27-9-8-24(33-4)16-26(25)27/h5-10,12,14,16,21-22,28-29,32H,1,11,13,15,17-18H2,2-4H3/q+1/t21?,22-,28?,29-,31?/m0/s1. The number of ether oxygens (including phenoxy) is 1. The lowest BCUT2D eigenvalue weighted by atomic mass is 9.71. The number of benzene rings is 2. The van der Waals surface area contributed by atoms with Crippen LogP contribution < -0.4 is 4.74 Å². The van der Waals surface area contributed by atoms with Gasteiger partial charge in [0.15, 0.2) is 0 Å². The zero-order valence-electron chi connectivity index (χ0n) is 20.0. The Kier molecular flexibility index (Phi) is 5.75. The van der Waals surface area contributed by atoms with Gasteiger partial charge in [0, 0.05) is 35.9 Å². The predicted octanol–water partition coefficient (Wildman–Crippen LogP) is 5.51. The molecule has 1 aromatic heterocycles. The molecule has 0 spiro atoms. The molecule has 172 valence electrons. The van der Waals surface area contributed by atoms with Crippen LogP contribution in [0.25, 0.3) is 10.9 Å². The normalized spacial score (nSPS) is 27.5. The third kappa shape index (κ3) is 3.85. The zero-order chi connectivity index (χ0) is 23.2. The molecular formula is C29H35N2O2+. The number of pyridine rings is 1. The van der Waals surface area contributed by atoms with Gasteiger partial charge in [0.1, 0.15) is 24.4 Å². The quantitative estimate of drug-likeness (QED) is 0.404. The number of methoxy groups -OCH3 is 1. The number of aliphatic hydroxyl groups is 1. The van der Waals surface area contributed by atoms with Gasteiger partial charge in [-0.25, -0.2) is 0 Å². The van der Waals surface area contributed by atoms with E-state index in [-0.39, 0.29) is 6.04 Å². The first kappa shape index (κ1) is 22.1. The minimum absolute atomic E-state index is 0.150. The monoisotopic (exact) mass is 443 g/mol. The summed E-state index contributed by atoms with van der Waals surface area (Å²) in [5.74, 6) is 1.91. The Bertz CT molecular complexity index is 1190. The van der Waals surface area contributed by atoms with Gasteiger partial charge in [-0.05, 0) is 55.2 Å². The van der Waals surface area contributed by atoms with Crippen LogP contribution >= 0.6 is 0 Å². The Labute approximate surface area is 197 Å². The molecule has 4 heteroatoms. The lowest BCUT2D eigenvalue weighted by Gasteiger charge is -2.58. The summed E-state index contributed by atoms with van der Waals surface area (Å²) in [5, 5.41) is 12.9. The highest BCUT2D eigenvalue weighted by molar-refractivity contribution is 5.83. The fourth-order valence-electron chi connectivity index (χ4n) is 6.48. The second kappa shape index (κ2) is 8.58. The van der Waals surface area contributed by atoms with Crippen LogP contribution in [0.1, 0.15) is 41.2 Å². The van der Waals surface area contributed by atoms with Crippen molar-refractivity contribution in [1.82, 2.24) is 4.98 Å². The number of piperidine rings is 3. The van der Waals surface area contributed by atoms with Crippen molar-refractivity contribution in [3.63, 3.8) is 0 Å². The van der Waals surface area contributed by atoms with Crippen LogP contribution in [0, 0.1) is 25.7 Å². The van der Waals surface area contributed by atoms with Crippen molar-refractivity contribution in [1.29, 1.82) is 0 Å². The molecule has 2 aromatic carbocycles. The van der Waals surface area contributed by atoms with Gasteiger partial charge >= 0.3 is 0 Å². The Balaban J connectivity index is 1.57. The molecule has 3 unspecified atom stereocenters. The van der Waals surface area contributed by atoms with E-state index in [1.54, 1.807) is 7.11 Å². The molecule has 3 aliphatic rings. The van der Waals surface area contributed by atoms with Gasteiger partial charge in [-0.2, -0.15) is 0 Å². The highest BCUT2D eigenvalue weighted by Gasteiger charge is 2.54. The average molecular weight is 444 g/mol. The van der Waals surface area contributed by atoms with Gasteiger partial charge in [0.25, 0.3) is 0 Å². The first-order valence-electron chi connectivity index (χ1n) is 12.1. The highest BCUT2D eigenvalue weighted by Crippen LogP contribution is 2.48. The Morgan fingerprint density at radius 3 is 2.82 bits per heavy atom. The van der Waals surface area contributed by atoms with Crippen LogP contribution in [0.4, 0.5) is 0 Å². The smallest absolute Gasteiger partial charge is 0.131 e. The predicted molar refractivity (Wildman–Crippen MR) is 133 cm³/mol. The van der Waals surface area contributed by atoms with Crippen LogP contribution in [0.3, 0.4) is 0 Å². The van der Waals surface area contributed by atoms with Crippen molar-refractivity contribution in [2.75, 3.05) is 20.2 Å². The van der Waals surface area contributed by atoms with Crippen molar-refractivity contribution in [3.8, 4) is 5.75 Å². The van der Waals surface area contributed by atoms with Crippen molar-refractivity contribution in [2.45, 2.75) is 45.4 Å². The summed E-state index contributed by atoms with van der Waals surface area (Å²) in [6.45, 7) is 11.6. The molecule has 4 nitrogen and oxygen atoms in total. The molecule has 3 saturated heterocycles. The molecular weight excluding hydrogens is 408 g/mol. The number of nitrogens with zero attached hydrogens (tertiary/aromatic N) is 2. The van der Waals surface area contributed by atoms with E-state index >= 15 is 0 Å². The van der Waals surface area contributed by atoms with E-state index in [0.717, 1.165) is 52.8 Å². The van der Waals surface area contributed by atoms with Crippen LogP contribution in [-0.4, -0.2) is 40.8 Å². The van der Waals surface area contributed by atoms with Crippen LogP contribution in [0.5, 0.6) is 5.75 Å². The highest BCUT2D eigenvalue weighted by atomic mass is 16.5. The van der Waals surface area contributed by atoms with Crippen molar-refractivity contribution < 1.29 is 14.3 Å². The Morgan fingerprint density at radius 2 is 2.06 bits per heavy atom. The van der Waals surface area contributed by atoms with E-state index in [1.807, 2.05) is 30.5 Å². The largest absolute Gasteiger partial charge is 0.497 e. The number of aliphatic hydroxyl groups excluding tert-OH is 1. The molecule has 0 radical (unpaired) electrons. The third-order valence-electron chi connectivity index (χ3n) is 8.32. The molecule has 0 saturated carbocycles. The maximum absolute atomic E-state index is 11.9. The number of aromatic nitrogens is 1. The van der Waals surface area contributed by atoms with Gasteiger partial charge in [-0.1, -0.05) is 29.8 Å². The molecule has 0 aliphatic carbocycles. The SMILES string of the molecule is C=CC1C[N+]2(Cc3ccc(C)cc3C)CC[C@H]1CC2[C@@H](O)c1ccnc2ccc(OC)cc12. The van der Waals surface area contributed by atoms with Gasteiger partial charge in [-0.15, -0.1) is 6.58 Å². The molecule has 33 heavy (non-hydrogen) atoms. The first-order chi connectivity index (χ1) is 15.9. The second-order valence-corrected chi connectivity index (χ2v) is 10.2. The maximum atomic E-state index is 11.9. The van der Waals surface area contributed by atoms with Crippen molar-refractivity contribution in [2.24, 2.45) is 11.8 Å². The Hall–Kier alpha value is -2.69. The summed E-state index contributed by atoms with van der Waals surface area (Å²) in [4.78, 5) is 4.54. The van der Waals surface area contributed by atoms with E-state index in [1.165, 1.54) is 23.1 Å². The minimum atomic E-state index is -0.554. The van der Waals surface area contributed by atoms with Gasteiger partial charge < -0.3 is 14.3 Å². The topological polar surface area (TPSA) is 42.4 Å². The molecule has 3 aliphatic heterocycles. The minimum Gasteiger partial charge on any atom is -0.497 e. The molecule has 3 aromatic rings. The van der Waals surface area contributed by atoms with E-state index < -0.39 is 6.10 Å². The van der Waals surface area contributed by atoms with Crippen LogP contribution in [0.2, 0.25) is 0 Å². The summed E-state index contributed by atoms with van der Waals surface area (Å²) in [6.07, 6.45) is 5.66. The van der Waals surface area contributed by atoms with Gasteiger partial charge in [0.05, 0.1) is 25.7 Å². The summed E-state index contributed by atoms with van der Waals surface area (Å²) in [7, 11) is 1.68. The fourth-order valence-corrected chi connectivity index (χ4v) is 6.48. The van der Waals surface area contributed by atoms with Crippen LogP contribution in [-0.2, 0) is 6.54 Å². The summed E-state index contributed by atoms with van der Waals surface area (Å²) in [5.41, 5.74) is 5.89. The molecule has 1 N–H and O–H groups in total. The maximum Gasteiger partial charge on any atom is 0.131 e. The number of fused-ring (bicyclic) bond motifs is 4. The zero-order valence-corrected chi connectivity index (χ0v) is 20.0. The second-order valence-electron chi connectivity index (χ2n) is 10.2. The van der Waals surface area contributed by atoms with Gasteiger partial charge in [0.2, 0.25) is 0 Å². The van der Waals surface area contributed by atoms with Crippen LogP contribution in [0.15, 0.2) is 61.3 Å². The Morgan fingerprint density at radius 1 is 1.21 bits per heavy atom. The van der Waals surface area contributed by atoms with Crippen molar-refractivity contribution in [3.05, 3.63) is 83.6 Å². The van der Waals surface area contributed by atoms with E-state index in [2.05, 4.69) is 49.7 Å². The third-order valence-corrected chi connectivity index (χ3v) is 8.32. The van der Waals surface area contributed by atoms with E-state index in [9.17, 15) is 5.11 Å². The fraction of sp³-hybridized carbons (Fsp3) is 0.414. The van der Waals surface area contributed by atoms with Gasteiger partial charge in [-0.3, -0.25) is 4.98 Å². The van der Waals surface area contributed by atoms with Crippen molar-refractivity contribution >= 4 is 10.9 Å². The lowest BCUT2D eigenvalue weighted by molar-refractivity contribution is -0.985. The summed E-state index contributed by atoms with van der Waals surface area (Å²) < 4.78 is 6.40. The average Bonchev–Trinajstić information content (AvgIpc) is 2.84. The molecule has 4 heterocycles. The number of rotatable bonds is 6. The first-order valence-corrected chi connectivity index (χ1v) is 12.1. The molecule has 0 amide bonds. The number of aryl methyl sites for hydroxylation is 2. The molecule has 3 fully saturated rings. The van der Waals surface area contributed by atoms with E-state index in [4.69, 9.17) is 4.74 Å². The molecule has 2 bridgehead atoms. The summed E-state index contributed by atoms with van der Waals surface area (Å²) >= 11 is 0. The number of hydrogen-bond donors (Lipinski definition) is 1.